The summed E-state index contributed by atoms with van der Waals surface area (Å²) in [6.45, 7) is 0. The molecular formula is C13H15N3O2. The third-order valence-electron chi connectivity index (χ3n) is 3.12. The average molecular weight is 245 g/mol. The zero-order valence-electron chi connectivity index (χ0n) is 10.2. The van der Waals surface area contributed by atoms with E-state index in [1.165, 1.54) is 0 Å². The number of hydrogen-bond donors (Lipinski definition) is 1. The molecule has 5 heteroatoms. The van der Waals surface area contributed by atoms with Crippen molar-refractivity contribution in [1.29, 1.82) is 0 Å². The number of aromatic nitrogens is 2. The van der Waals surface area contributed by atoms with Crippen LogP contribution in [0, 0.1) is 0 Å². The van der Waals surface area contributed by atoms with E-state index in [-0.39, 0.29) is 6.04 Å². The molecule has 18 heavy (non-hydrogen) atoms. The maximum atomic E-state index is 6.13. The van der Waals surface area contributed by atoms with E-state index < -0.39 is 0 Å². The Morgan fingerprint density at radius 2 is 2.28 bits per heavy atom. The van der Waals surface area contributed by atoms with Crippen LogP contribution in [0.15, 0.2) is 28.8 Å². The highest BCUT2D eigenvalue weighted by atomic mass is 16.5. The predicted octanol–water partition coefficient (Wildman–Crippen LogP) is 2.00. The van der Waals surface area contributed by atoms with Crippen molar-refractivity contribution in [2.45, 2.75) is 24.8 Å². The van der Waals surface area contributed by atoms with E-state index >= 15 is 0 Å². The fraction of sp³-hybridized carbons (Fsp3) is 0.385. The van der Waals surface area contributed by atoms with E-state index in [9.17, 15) is 0 Å². The quantitative estimate of drug-likeness (QED) is 0.891. The molecule has 2 aromatic rings. The van der Waals surface area contributed by atoms with Crippen molar-refractivity contribution in [1.82, 2.24) is 10.1 Å². The standard InChI is InChI=1S/C13H15N3O2/c1-17-10-4-2-3-9(7-10)11(14)12-15-13(18-16-12)8-5-6-8/h2-4,7-8,11H,5-6,14H2,1H3. The highest BCUT2D eigenvalue weighted by Crippen LogP contribution is 2.39. The van der Waals surface area contributed by atoms with Gasteiger partial charge in [0.15, 0.2) is 5.82 Å². The van der Waals surface area contributed by atoms with Crippen LogP contribution in [0.25, 0.3) is 0 Å². The maximum Gasteiger partial charge on any atom is 0.229 e. The van der Waals surface area contributed by atoms with Crippen molar-refractivity contribution in [3.8, 4) is 5.75 Å². The monoisotopic (exact) mass is 245 g/mol. The molecule has 5 nitrogen and oxygen atoms in total. The van der Waals surface area contributed by atoms with E-state index in [1.54, 1.807) is 7.11 Å². The predicted molar refractivity (Wildman–Crippen MR) is 65.3 cm³/mol. The van der Waals surface area contributed by atoms with E-state index in [0.717, 1.165) is 24.2 Å². The zero-order chi connectivity index (χ0) is 12.5. The molecule has 1 aliphatic carbocycles. The summed E-state index contributed by atoms with van der Waals surface area (Å²) in [4.78, 5) is 4.36. The molecule has 3 rings (SSSR count). The maximum absolute atomic E-state index is 6.13. The molecule has 2 N–H and O–H groups in total. The lowest BCUT2D eigenvalue weighted by Gasteiger charge is -2.08. The molecule has 1 saturated carbocycles. The fourth-order valence-electron chi connectivity index (χ4n) is 1.85. The van der Waals surface area contributed by atoms with Crippen LogP contribution in [0.4, 0.5) is 0 Å². The summed E-state index contributed by atoms with van der Waals surface area (Å²) in [5.74, 6) is 2.46. The second kappa shape index (κ2) is 4.42. The minimum atomic E-state index is -0.378. The molecule has 1 aromatic heterocycles. The van der Waals surface area contributed by atoms with Crippen LogP contribution in [0.2, 0.25) is 0 Å². The molecule has 1 unspecified atom stereocenters. The molecule has 0 saturated heterocycles. The van der Waals surface area contributed by atoms with Crippen molar-refractivity contribution >= 4 is 0 Å². The van der Waals surface area contributed by atoms with Crippen LogP contribution < -0.4 is 10.5 Å². The molecular weight excluding hydrogens is 230 g/mol. The van der Waals surface area contributed by atoms with Gasteiger partial charge < -0.3 is 15.0 Å². The van der Waals surface area contributed by atoms with Crippen LogP contribution in [0.3, 0.4) is 0 Å². The molecule has 1 heterocycles. The van der Waals surface area contributed by atoms with Crippen molar-refractivity contribution in [3.05, 3.63) is 41.5 Å². The molecule has 0 aliphatic heterocycles. The third-order valence-corrected chi connectivity index (χ3v) is 3.12. The van der Waals surface area contributed by atoms with E-state index in [1.807, 2.05) is 24.3 Å². The van der Waals surface area contributed by atoms with Gasteiger partial charge in [-0.15, -0.1) is 0 Å². The summed E-state index contributed by atoms with van der Waals surface area (Å²) < 4.78 is 10.4. The van der Waals surface area contributed by atoms with E-state index in [0.29, 0.717) is 17.6 Å². The van der Waals surface area contributed by atoms with Crippen LogP contribution >= 0.6 is 0 Å². The number of nitrogens with two attached hydrogens (primary N) is 1. The molecule has 94 valence electrons. The molecule has 0 radical (unpaired) electrons. The van der Waals surface area contributed by atoms with E-state index in [4.69, 9.17) is 15.0 Å². The Labute approximate surface area is 105 Å². The number of nitrogens with zero attached hydrogens (tertiary/aromatic N) is 2. The lowest BCUT2D eigenvalue weighted by Crippen LogP contribution is -2.13. The number of hydrogen-bond acceptors (Lipinski definition) is 5. The Bertz CT molecular complexity index is 549. The first-order valence-electron chi connectivity index (χ1n) is 6.01. The largest absolute Gasteiger partial charge is 0.497 e. The van der Waals surface area contributed by atoms with Gasteiger partial charge in [-0.05, 0) is 30.5 Å². The van der Waals surface area contributed by atoms with Crippen molar-refractivity contribution < 1.29 is 9.26 Å². The van der Waals surface area contributed by atoms with Crippen LogP contribution in [0.1, 0.15) is 42.1 Å². The van der Waals surface area contributed by atoms with Crippen molar-refractivity contribution in [2.24, 2.45) is 5.73 Å². The zero-order valence-corrected chi connectivity index (χ0v) is 10.2. The summed E-state index contributed by atoms with van der Waals surface area (Å²) in [7, 11) is 1.63. The van der Waals surface area contributed by atoms with Crippen LogP contribution in [-0.2, 0) is 0 Å². The van der Waals surface area contributed by atoms with E-state index in [2.05, 4.69) is 10.1 Å². The van der Waals surface area contributed by atoms with Gasteiger partial charge in [-0.3, -0.25) is 0 Å². The van der Waals surface area contributed by atoms with Gasteiger partial charge in [0.25, 0.3) is 0 Å². The third kappa shape index (κ3) is 2.09. The summed E-state index contributed by atoms with van der Waals surface area (Å²) >= 11 is 0. The first-order valence-corrected chi connectivity index (χ1v) is 6.01. The lowest BCUT2D eigenvalue weighted by molar-refractivity contribution is 0.372. The molecule has 0 bridgehead atoms. The number of ether oxygens (including phenoxy) is 1. The minimum Gasteiger partial charge on any atom is -0.497 e. The second-order valence-electron chi connectivity index (χ2n) is 4.52. The normalized spacial score (nSPS) is 16.6. The number of benzene rings is 1. The highest BCUT2D eigenvalue weighted by molar-refractivity contribution is 5.32. The van der Waals surface area contributed by atoms with Gasteiger partial charge in [0.2, 0.25) is 5.89 Å². The smallest absolute Gasteiger partial charge is 0.229 e. The molecule has 1 fully saturated rings. The van der Waals surface area contributed by atoms with Gasteiger partial charge in [0.05, 0.1) is 13.2 Å². The Balaban J connectivity index is 1.84. The Morgan fingerprint density at radius 1 is 1.44 bits per heavy atom. The first kappa shape index (κ1) is 11.2. The SMILES string of the molecule is COc1cccc(C(N)c2noc(C3CC3)n2)c1. The van der Waals surface area contributed by atoms with Crippen LogP contribution in [0.5, 0.6) is 5.75 Å². The van der Waals surface area contributed by atoms with Gasteiger partial charge in [-0.2, -0.15) is 4.98 Å². The van der Waals surface area contributed by atoms with Crippen molar-refractivity contribution in [3.63, 3.8) is 0 Å². The summed E-state index contributed by atoms with van der Waals surface area (Å²) in [5, 5.41) is 3.96. The molecule has 1 atom stereocenters. The first-order chi connectivity index (χ1) is 8.78. The summed E-state index contributed by atoms with van der Waals surface area (Å²) in [5.41, 5.74) is 7.05. The highest BCUT2D eigenvalue weighted by Gasteiger charge is 2.30. The molecule has 0 spiro atoms. The Kier molecular flexibility index (Phi) is 2.76. The number of methoxy groups -OCH3 is 1. The summed E-state index contributed by atoms with van der Waals surface area (Å²) in [6.07, 6.45) is 2.27. The second-order valence-corrected chi connectivity index (χ2v) is 4.52. The van der Waals surface area contributed by atoms with Gasteiger partial charge in [-0.1, -0.05) is 17.3 Å². The molecule has 0 amide bonds. The molecule has 1 aliphatic rings. The molecule has 1 aromatic carbocycles. The summed E-state index contributed by atoms with van der Waals surface area (Å²) in [6, 6.07) is 7.22. The van der Waals surface area contributed by atoms with Gasteiger partial charge >= 0.3 is 0 Å². The van der Waals surface area contributed by atoms with Gasteiger partial charge in [0.1, 0.15) is 5.75 Å². The average Bonchev–Trinajstić information content (AvgIpc) is 3.16. The number of rotatable bonds is 4. The minimum absolute atomic E-state index is 0.378. The topological polar surface area (TPSA) is 74.2 Å². The Hall–Kier alpha value is -1.88. The fourth-order valence-corrected chi connectivity index (χ4v) is 1.85. The lowest BCUT2D eigenvalue weighted by atomic mass is 10.1. The van der Waals surface area contributed by atoms with Crippen LogP contribution in [-0.4, -0.2) is 17.3 Å². The van der Waals surface area contributed by atoms with Gasteiger partial charge in [-0.25, -0.2) is 0 Å². The Morgan fingerprint density at radius 3 is 3.00 bits per heavy atom. The van der Waals surface area contributed by atoms with Gasteiger partial charge in [0, 0.05) is 5.92 Å². The van der Waals surface area contributed by atoms with Crippen molar-refractivity contribution in [2.75, 3.05) is 7.11 Å².